The van der Waals surface area contributed by atoms with E-state index in [1.807, 2.05) is 11.0 Å². The smallest absolute Gasteiger partial charge is 0.317 e. The third-order valence-corrected chi connectivity index (χ3v) is 4.44. The number of hydrogen-bond acceptors (Lipinski definition) is 3. The van der Waals surface area contributed by atoms with Gasteiger partial charge in [-0.3, -0.25) is 9.69 Å². The number of carbonyl (C=O) groups is 2. The van der Waals surface area contributed by atoms with Crippen LogP contribution in [-0.2, 0) is 11.3 Å². The first kappa shape index (κ1) is 19.2. The quantitative estimate of drug-likeness (QED) is 0.772. The molecule has 0 aliphatic carbocycles. The second-order valence-electron chi connectivity index (χ2n) is 6.69. The van der Waals surface area contributed by atoms with Crippen LogP contribution in [0.25, 0.3) is 0 Å². The zero-order valence-corrected chi connectivity index (χ0v) is 15.3. The van der Waals surface area contributed by atoms with Crippen LogP contribution in [0.5, 0.6) is 0 Å². The molecule has 25 heavy (non-hydrogen) atoms. The zero-order valence-electron chi connectivity index (χ0n) is 15.3. The van der Waals surface area contributed by atoms with Gasteiger partial charge in [-0.05, 0) is 25.3 Å². The summed E-state index contributed by atoms with van der Waals surface area (Å²) in [7, 11) is 0. The van der Waals surface area contributed by atoms with Crippen LogP contribution >= 0.6 is 0 Å². The fourth-order valence-corrected chi connectivity index (χ4v) is 3.19. The van der Waals surface area contributed by atoms with Gasteiger partial charge in [-0.1, -0.05) is 30.3 Å². The Bertz CT molecular complexity index is 550. The Morgan fingerprint density at radius 1 is 1.12 bits per heavy atom. The van der Waals surface area contributed by atoms with Gasteiger partial charge in [0.1, 0.15) is 0 Å². The second kappa shape index (κ2) is 10.0. The molecule has 1 heterocycles. The summed E-state index contributed by atoms with van der Waals surface area (Å²) in [5, 5.41) is 5.70. The Morgan fingerprint density at radius 3 is 2.56 bits per heavy atom. The normalized spacial score (nSPS) is 18.5. The highest BCUT2D eigenvalue weighted by Gasteiger charge is 2.25. The van der Waals surface area contributed by atoms with E-state index in [4.69, 9.17) is 0 Å². The molecule has 0 spiro atoms. The van der Waals surface area contributed by atoms with Crippen LogP contribution in [-0.4, -0.2) is 60.5 Å². The van der Waals surface area contributed by atoms with Crippen LogP contribution in [0.3, 0.4) is 0 Å². The Morgan fingerprint density at radius 2 is 1.84 bits per heavy atom. The summed E-state index contributed by atoms with van der Waals surface area (Å²) in [5.41, 5.74) is 1.31. The molecule has 1 aromatic rings. The van der Waals surface area contributed by atoms with E-state index >= 15 is 0 Å². The van der Waals surface area contributed by atoms with Gasteiger partial charge < -0.3 is 15.5 Å². The van der Waals surface area contributed by atoms with Crippen LogP contribution in [0.2, 0.25) is 0 Å². The largest absolute Gasteiger partial charge is 0.356 e. The van der Waals surface area contributed by atoms with Crippen LogP contribution < -0.4 is 10.6 Å². The minimum absolute atomic E-state index is 0.00288. The van der Waals surface area contributed by atoms with E-state index in [1.54, 1.807) is 0 Å². The molecule has 1 aromatic carbocycles. The van der Waals surface area contributed by atoms with Crippen molar-refractivity contribution in [3.05, 3.63) is 35.9 Å². The number of hydrogen-bond donors (Lipinski definition) is 2. The minimum atomic E-state index is -0.0361. The second-order valence-corrected chi connectivity index (χ2v) is 6.69. The number of nitrogens with zero attached hydrogens (tertiary/aromatic N) is 2. The summed E-state index contributed by atoms with van der Waals surface area (Å²) in [4.78, 5) is 27.6. The van der Waals surface area contributed by atoms with Crippen LogP contribution in [0.1, 0.15) is 32.3 Å². The maximum absolute atomic E-state index is 12.4. The van der Waals surface area contributed by atoms with Crippen molar-refractivity contribution in [2.45, 2.75) is 39.3 Å². The molecule has 1 fully saturated rings. The molecule has 3 amide bonds. The van der Waals surface area contributed by atoms with Crippen molar-refractivity contribution in [2.75, 3.05) is 32.7 Å². The lowest BCUT2D eigenvalue weighted by Crippen LogP contribution is -2.47. The summed E-state index contributed by atoms with van der Waals surface area (Å²) in [6.07, 6.45) is 1.73. The van der Waals surface area contributed by atoms with Gasteiger partial charge >= 0.3 is 6.03 Å². The van der Waals surface area contributed by atoms with Gasteiger partial charge in [0.25, 0.3) is 0 Å². The maximum Gasteiger partial charge on any atom is 0.317 e. The maximum atomic E-state index is 12.4. The van der Waals surface area contributed by atoms with E-state index in [9.17, 15) is 9.59 Å². The Hall–Kier alpha value is -2.08. The number of urea groups is 1. The number of benzene rings is 1. The molecule has 0 unspecified atom stereocenters. The van der Waals surface area contributed by atoms with Crippen LogP contribution in [0, 0.1) is 0 Å². The van der Waals surface area contributed by atoms with Crippen molar-refractivity contribution >= 4 is 11.9 Å². The molecule has 6 nitrogen and oxygen atoms in total. The predicted octanol–water partition coefficient (Wildman–Crippen LogP) is 1.82. The topological polar surface area (TPSA) is 64.7 Å². The van der Waals surface area contributed by atoms with Crippen molar-refractivity contribution in [1.29, 1.82) is 0 Å². The molecule has 6 heteroatoms. The summed E-state index contributed by atoms with van der Waals surface area (Å²) in [5.74, 6) is -0.0361. The predicted molar refractivity (Wildman–Crippen MR) is 99.2 cm³/mol. The first-order chi connectivity index (χ1) is 12.1. The highest BCUT2D eigenvalue weighted by molar-refractivity contribution is 5.74. The molecule has 1 atom stereocenters. The van der Waals surface area contributed by atoms with E-state index in [2.05, 4.69) is 46.7 Å². The standard InChI is InChI=1S/C19H30N4O2/c1-16-14-22(15-18-8-4-3-5-9-18)12-7-13-23(16)19(25)21-11-6-10-20-17(2)24/h3-5,8-9,16H,6-7,10-15H2,1-2H3,(H,20,24)(H,21,25)/t16-/m1/s1. The molecular weight excluding hydrogens is 316 g/mol. The first-order valence-electron chi connectivity index (χ1n) is 9.11. The Labute approximate surface area is 150 Å². The average molecular weight is 346 g/mol. The molecule has 2 N–H and O–H groups in total. The third kappa shape index (κ3) is 6.74. The van der Waals surface area contributed by atoms with Gasteiger partial charge in [-0.2, -0.15) is 0 Å². The van der Waals surface area contributed by atoms with Crippen molar-refractivity contribution in [3.63, 3.8) is 0 Å². The molecule has 0 radical (unpaired) electrons. The summed E-state index contributed by atoms with van der Waals surface area (Å²) in [6, 6.07) is 10.6. The van der Waals surface area contributed by atoms with Crippen molar-refractivity contribution in [1.82, 2.24) is 20.4 Å². The van der Waals surface area contributed by atoms with Gasteiger partial charge in [0.2, 0.25) is 5.91 Å². The highest BCUT2D eigenvalue weighted by Crippen LogP contribution is 2.13. The van der Waals surface area contributed by atoms with Gasteiger partial charge in [0.15, 0.2) is 0 Å². The van der Waals surface area contributed by atoms with E-state index in [0.717, 1.165) is 39.0 Å². The fraction of sp³-hybridized carbons (Fsp3) is 0.579. The monoisotopic (exact) mass is 346 g/mol. The van der Waals surface area contributed by atoms with Gasteiger partial charge in [0.05, 0.1) is 0 Å². The fourth-order valence-electron chi connectivity index (χ4n) is 3.19. The van der Waals surface area contributed by atoms with E-state index in [-0.39, 0.29) is 18.0 Å². The SMILES string of the molecule is CC(=O)NCCCNC(=O)N1CCCN(Cc2ccccc2)C[C@H]1C. The third-order valence-electron chi connectivity index (χ3n) is 4.44. The van der Waals surface area contributed by atoms with Crippen molar-refractivity contribution in [2.24, 2.45) is 0 Å². The van der Waals surface area contributed by atoms with E-state index in [0.29, 0.717) is 13.1 Å². The van der Waals surface area contributed by atoms with Gasteiger partial charge in [-0.15, -0.1) is 0 Å². The van der Waals surface area contributed by atoms with Gasteiger partial charge in [0, 0.05) is 52.2 Å². The molecule has 1 aliphatic rings. The lowest BCUT2D eigenvalue weighted by molar-refractivity contribution is -0.118. The molecule has 0 bridgehead atoms. The lowest BCUT2D eigenvalue weighted by Gasteiger charge is -2.29. The Balaban J connectivity index is 1.77. The first-order valence-corrected chi connectivity index (χ1v) is 9.11. The highest BCUT2D eigenvalue weighted by atomic mass is 16.2. The number of carbonyl (C=O) groups excluding carboxylic acids is 2. The number of rotatable bonds is 6. The molecule has 2 rings (SSSR count). The number of amides is 3. The zero-order chi connectivity index (χ0) is 18.1. The summed E-state index contributed by atoms with van der Waals surface area (Å²) >= 11 is 0. The molecule has 0 aromatic heterocycles. The van der Waals surface area contributed by atoms with E-state index in [1.165, 1.54) is 12.5 Å². The van der Waals surface area contributed by atoms with Crippen LogP contribution in [0.4, 0.5) is 4.79 Å². The molecule has 138 valence electrons. The Kier molecular flexibility index (Phi) is 7.73. The van der Waals surface area contributed by atoms with Crippen molar-refractivity contribution < 1.29 is 9.59 Å². The minimum Gasteiger partial charge on any atom is -0.356 e. The van der Waals surface area contributed by atoms with Crippen LogP contribution in [0.15, 0.2) is 30.3 Å². The van der Waals surface area contributed by atoms with Gasteiger partial charge in [-0.25, -0.2) is 4.79 Å². The lowest BCUT2D eigenvalue weighted by atomic mass is 10.2. The molecular formula is C19H30N4O2. The number of nitrogens with one attached hydrogen (secondary N) is 2. The van der Waals surface area contributed by atoms with Crippen molar-refractivity contribution in [3.8, 4) is 0 Å². The molecule has 1 saturated heterocycles. The molecule has 0 saturated carbocycles. The molecule has 1 aliphatic heterocycles. The summed E-state index contributed by atoms with van der Waals surface area (Å²) in [6.45, 7) is 8.38. The average Bonchev–Trinajstić information content (AvgIpc) is 2.76. The van der Waals surface area contributed by atoms with E-state index < -0.39 is 0 Å². The summed E-state index contributed by atoms with van der Waals surface area (Å²) < 4.78 is 0.